The minimum absolute atomic E-state index is 0.411. The molecule has 1 fully saturated rings. The summed E-state index contributed by atoms with van der Waals surface area (Å²) in [5, 5.41) is 3.45. The summed E-state index contributed by atoms with van der Waals surface area (Å²) >= 11 is 3.72. The minimum Gasteiger partial charge on any atom is -0.371 e. The second kappa shape index (κ2) is 6.07. The number of hydrogen-bond donors (Lipinski definition) is 1. The van der Waals surface area contributed by atoms with Gasteiger partial charge in [0.2, 0.25) is 0 Å². The van der Waals surface area contributed by atoms with Gasteiger partial charge in [0.1, 0.15) is 0 Å². The van der Waals surface area contributed by atoms with E-state index in [0.717, 1.165) is 12.6 Å². The molecule has 100 valence electrons. The standard InChI is InChI=1S/C15H23BrN2/c1-4-17-11(2)12-8-9-15(14(16)10-12)18(3)13-6-5-7-13/h8-11,13,17H,4-7H2,1-3H3. The predicted molar refractivity (Wildman–Crippen MR) is 82.3 cm³/mol. The number of hydrogen-bond acceptors (Lipinski definition) is 2. The first-order chi connectivity index (χ1) is 8.63. The zero-order valence-corrected chi connectivity index (χ0v) is 13.1. The van der Waals surface area contributed by atoms with Crippen LogP contribution in [0.4, 0.5) is 5.69 Å². The molecule has 1 unspecified atom stereocenters. The van der Waals surface area contributed by atoms with Crippen molar-refractivity contribution in [1.29, 1.82) is 0 Å². The molecule has 3 heteroatoms. The van der Waals surface area contributed by atoms with Gasteiger partial charge in [-0.2, -0.15) is 0 Å². The van der Waals surface area contributed by atoms with Gasteiger partial charge in [-0.05, 0) is 66.4 Å². The summed E-state index contributed by atoms with van der Waals surface area (Å²) in [4.78, 5) is 2.41. The maximum atomic E-state index is 3.72. The second-order valence-corrected chi connectivity index (χ2v) is 6.04. The van der Waals surface area contributed by atoms with E-state index in [1.165, 1.54) is 35.0 Å². The van der Waals surface area contributed by atoms with Crippen molar-refractivity contribution < 1.29 is 0 Å². The van der Waals surface area contributed by atoms with Crippen molar-refractivity contribution in [3.8, 4) is 0 Å². The zero-order valence-electron chi connectivity index (χ0n) is 11.5. The van der Waals surface area contributed by atoms with Gasteiger partial charge in [-0.1, -0.05) is 13.0 Å². The SMILES string of the molecule is CCNC(C)c1ccc(N(C)C2CCC2)c(Br)c1. The summed E-state index contributed by atoms with van der Waals surface area (Å²) in [6.45, 7) is 5.35. The number of halogens is 1. The lowest BCUT2D eigenvalue weighted by Gasteiger charge is -2.37. The molecule has 2 nitrogen and oxygen atoms in total. The number of nitrogens with one attached hydrogen (secondary N) is 1. The number of rotatable bonds is 5. The first-order valence-corrected chi connectivity index (χ1v) is 7.68. The van der Waals surface area contributed by atoms with Gasteiger partial charge in [-0.25, -0.2) is 0 Å². The molecule has 1 atom stereocenters. The van der Waals surface area contributed by atoms with Crippen molar-refractivity contribution in [2.24, 2.45) is 0 Å². The molecule has 2 rings (SSSR count). The van der Waals surface area contributed by atoms with Crippen LogP contribution < -0.4 is 10.2 Å². The van der Waals surface area contributed by atoms with Gasteiger partial charge in [-0.3, -0.25) is 0 Å². The maximum absolute atomic E-state index is 3.72. The van der Waals surface area contributed by atoms with E-state index >= 15 is 0 Å². The molecular formula is C15H23BrN2. The van der Waals surface area contributed by atoms with Crippen LogP contribution in [0.2, 0.25) is 0 Å². The molecule has 0 spiro atoms. The highest BCUT2D eigenvalue weighted by atomic mass is 79.9. The molecule has 18 heavy (non-hydrogen) atoms. The Labute approximate surface area is 119 Å². The van der Waals surface area contributed by atoms with Gasteiger partial charge in [0, 0.05) is 23.6 Å². The van der Waals surface area contributed by atoms with E-state index in [0.29, 0.717) is 6.04 Å². The average Bonchev–Trinajstić information content (AvgIpc) is 2.26. The van der Waals surface area contributed by atoms with Crippen LogP contribution in [0.25, 0.3) is 0 Å². The summed E-state index contributed by atoms with van der Waals surface area (Å²) < 4.78 is 1.21. The van der Waals surface area contributed by atoms with E-state index < -0.39 is 0 Å². The van der Waals surface area contributed by atoms with E-state index in [1.807, 2.05) is 0 Å². The quantitative estimate of drug-likeness (QED) is 0.880. The topological polar surface area (TPSA) is 15.3 Å². The molecule has 0 saturated heterocycles. The average molecular weight is 311 g/mol. The van der Waals surface area contributed by atoms with Crippen LogP contribution in [0.3, 0.4) is 0 Å². The molecule has 1 saturated carbocycles. The Bertz CT molecular complexity index is 401. The Kier molecular flexibility index (Phi) is 4.68. The summed E-state index contributed by atoms with van der Waals surface area (Å²) in [7, 11) is 2.21. The predicted octanol–water partition coefficient (Wildman–Crippen LogP) is 4.11. The molecule has 0 aliphatic heterocycles. The van der Waals surface area contributed by atoms with Gasteiger partial charge in [0.15, 0.2) is 0 Å². The first-order valence-electron chi connectivity index (χ1n) is 6.89. The third kappa shape index (κ3) is 2.89. The smallest absolute Gasteiger partial charge is 0.0510 e. The molecule has 0 radical (unpaired) electrons. The molecule has 1 aromatic carbocycles. The van der Waals surface area contributed by atoms with E-state index in [2.05, 4.69) is 65.2 Å². The van der Waals surface area contributed by atoms with Crippen LogP contribution in [-0.2, 0) is 0 Å². The normalized spacial score (nSPS) is 17.3. The summed E-state index contributed by atoms with van der Waals surface area (Å²) in [6.07, 6.45) is 4.04. The molecule has 1 aliphatic carbocycles. The van der Waals surface area contributed by atoms with Crippen LogP contribution >= 0.6 is 15.9 Å². The molecule has 0 heterocycles. The van der Waals surface area contributed by atoms with E-state index in [9.17, 15) is 0 Å². The highest BCUT2D eigenvalue weighted by Gasteiger charge is 2.23. The fourth-order valence-electron chi connectivity index (χ4n) is 2.47. The van der Waals surface area contributed by atoms with Crippen LogP contribution in [0.1, 0.15) is 44.7 Å². The first kappa shape index (κ1) is 13.9. The Morgan fingerprint density at radius 2 is 2.17 bits per heavy atom. The fraction of sp³-hybridized carbons (Fsp3) is 0.600. The van der Waals surface area contributed by atoms with Gasteiger partial charge >= 0.3 is 0 Å². The number of nitrogens with zero attached hydrogens (tertiary/aromatic N) is 1. The lowest BCUT2D eigenvalue weighted by atomic mass is 9.91. The van der Waals surface area contributed by atoms with Gasteiger partial charge in [0.25, 0.3) is 0 Å². The second-order valence-electron chi connectivity index (χ2n) is 5.19. The molecule has 1 aromatic rings. The Balaban J connectivity index is 2.13. The monoisotopic (exact) mass is 310 g/mol. The van der Waals surface area contributed by atoms with Crippen molar-refractivity contribution >= 4 is 21.6 Å². The van der Waals surface area contributed by atoms with Gasteiger partial charge in [0.05, 0.1) is 5.69 Å². The van der Waals surface area contributed by atoms with Crippen LogP contribution in [-0.4, -0.2) is 19.6 Å². The van der Waals surface area contributed by atoms with Gasteiger partial charge < -0.3 is 10.2 Å². The number of anilines is 1. The zero-order chi connectivity index (χ0) is 13.1. The molecule has 1 aliphatic rings. The van der Waals surface area contributed by atoms with Crippen LogP contribution in [0, 0.1) is 0 Å². The van der Waals surface area contributed by atoms with Crippen molar-refractivity contribution in [1.82, 2.24) is 5.32 Å². The largest absolute Gasteiger partial charge is 0.371 e. The summed E-state index contributed by atoms with van der Waals surface area (Å²) in [5.74, 6) is 0. The lowest BCUT2D eigenvalue weighted by molar-refractivity contribution is 0.401. The molecule has 0 aromatic heterocycles. The molecule has 0 amide bonds. The lowest BCUT2D eigenvalue weighted by Crippen LogP contribution is -2.37. The minimum atomic E-state index is 0.411. The summed E-state index contributed by atoms with van der Waals surface area (Å²) in [5.41, 5.74) is 2.65. The maximum Gasteiger partial charge on any atom is 0.0510 e. The molecule has 1 N–H and O–H groups in total. The third-order valence-electron chi connectivity index (χ3n) is 3.98. The van der Waals surface area contributed by atoms with Gasteiger partial charge in [-0.15, -0.1) is 0 Å². The van der Waals surface area contributed by atoms with Crippen molar-refractivity contribution in [3.63, 3.8) is 0 Å². The van der Waals surface area contributed by atoms with Crippen molar-refractivity contribution in [3.05, 3.63) is 28.2 Å². The van der Waals surface area contributed by atoms with E-state index in [4.69, 9.17) is 0 Å². The highest BCUT2D eigenvalue weighted by molar-refractivity contribution is 9.10. The Morgan fingerprint density at radius 3 is 2.67 bits per heavy atom. The van der Waals surface area contributed by atoms with E-state index in [-0.39, 0.29) is 0 Å². The Morgan fingerprint density at radius 1 is 1.44 bits per heavy atom. The van der Waals surface area contributed by atoms with Crippen molar-refractivity contribution in [2.45, 2.75) is 45.2 Å². The highest BCUT2D eigenvalue weighted by Crippen LogP contribution is 2.34. The Hall–Kier alpha value is -0.540. The molecule has 0 bridgehead atoms. The van der Waals surface area contributed by atoms with E-state index in [1.54, 1.807) is 0 Å². The van der Waals surface area contributed by atoms with Crippen LogP contribution in [0.15, 0.2) is 22.7 Å². The number of benzene rings is 1. The fourth-order valence-corrected chi connectivity index (χ4v) is 3.15. The van der Waals surface area contributed by atoms with Crippen LogP contribution in [0.5, 0.6) is 0 Å². The van der Waals surface area contributed by atoms with Crippen molar-refractivity contribution in [2.75, 3.05) is 18.5 Å². The summed E-state index contributed by atoms with van der Waals surface area (Å²) in [6, 6.07) is 7.87. The molecular weight excluding hydrogens is 288 g/mol. The third-order valence-corrected chi connectivity index (χ3v) is 4.62.